The van der Waals surface area contributed by atoms with Crippen molar-refractivity contribution in [3.05, 3.63) is 72.1 Å². The van der Waals surface area contributed by atoms with E-state index in [-0.39, 0.29) is 5.91 Å². The second-order valence-corrected chi connectivity index (χ2v) is 8.14. The first-order valence-electron chi connectivity index (χ1n) is 9.51. The maximum absolute atomic E-state index is 12.4. The van der Waals surface area contributed by atoms with Crippen LogP contribution in [0.3, 0.4) is 0 Å². The molecule has 0 aliphatic rings. The average molecular weight is 420 g/mol. The fraction of sp³-hybridized carbons (Fsp3) is 0.174. The standard InChI is InChI=1S/C23H21N3O3S/c1-14-6-11-18-20(13-14)30-22(25-18)16-7-9-17(10-8-16)24-21(27)15(2)29-23(28)19-5-4-12-26(19)3/h4-13,15H,1-3H3,(H,24,27)/t15-/m0/s1. The lowest BCUT2D eigenvalue weighted by Crippen LogP contribution is -2.30. The zero-order chi connectivity index (χ0) is 21.3. The number of ether oxygens (including phenoxy) is 1. The third kappa shape index (κ3) is 4.11. The van der Waals surface area contributed by atoms with E-state index in [0.29, 0.717) is 11.4 Å². The number of amides is 1. The van der Waals surface area contributed by atoms with Gasteiger partial charge >= 0.3 is 5.97 Å². The number of benzene rings is 2. The van der Waals surface area contributed by atoms with Crippen molar-refractivity contribution in [1.29, 1.82) is 0 Å². The minimum Gasteiger partial charge on any atom is -0.448 e. The second-order valence-electron chi connectivity index (χ2n) is 7.11. The van der Waals surface area contributed by atoms with Crippen LogP contribution in [0, 0.1) is 6.92 Å². The van der Waals surface area contributed by atoms with Gasteiger partial charge < -0.3 is 14.6 Å². The van der Waals surface area contributed by atoms with Crippen molar-refractivity contribution < 1.29 is 14.3 Å². The summed E-state index contributed by atoms with van der Waals surface area (Å²) in [5.74, 6) is -0.924. The van der Waals surface area contributed by atoms with Crippen molar-refractivity contribution in [2.45, 2.75) is 20.0 Å². The van der Waals surface area contributed by atoms with E-state index in [1.54, 1.807) is 48.2 Å². The van der Waals surface area contributed by atoms with Gasteiger partial charge in [0.05, 0.1) is 10.2 Å². The molecule has 4 aromatic rings. The molecule has 4 rings (SSSR count). The second kappa shape index (κ2) is 8.12. The Morgan fingerprint density at radius 3 is 2.60 bits per heavy atom. The molecule has 2 aromatic carbocycles. The summed E-state index contributed by atoms with van der Waals surface area (Å²) >= 11 is 1.64. The summed E-state index contributed by atoms with van der Waals surface area (Å²) in [6, 6.07) is 17.1. The number of fused-ring (bicyclic) bond motifs is 1. The number of nitrogens with zero attached hydrogens (tertiary/aromatic N) is 2. The van der Waals surface area contributed by atoms with E-state index < -0.39 is 12.1 Å². The van der Waals surface area contributed by atoms with Crippen LogP contribution in [-0.4, -0.2) is 27.5 Å². The molecular weight excluding hydrogens is 398 g/mol. The monoisotopic (exact) mass is 419 g/mol. The quantitative estimate of drug-likeness (QED) is 0.472. The van der Waals surface area contributed by atoms with Crippen LogP contribution in [0.4, 0.5) is 5.69 Å². The molecular formula is C23H21N3O3S. The Morgan fingerprint density at radius 1 is 1.13 bits per heavy atom. The third-order valence-electron chi connectivity index (χ3n) is 4.75. The number of anilines is 1. The van der Waals surface area contributed by atoms with Gasteiger partial charge in [0.1, 0.15) is 10.7 Å². The number of esters is 1. The van der Waals surface area contributed by atoms with Crippen LogP contribution < -0.4 is 5.32 Å². The molecule has 2 heterocycles. The van der Waals surface area contributed by atoms with Gasteiger partial charge in [0.25, 0.3) is 5.91 Å². The van der Waals surface area contributed by atoms with Gasteiger partial charge in [0.15, 0.2) is 6.10 Å². The summed E-state index contributed by atoms with van der Waals surface area (Å²) < 4.78 is 8.06. The molecule has 7 heteroatoms. The Hall–Kier alpha value is -3.45. The first-order chi connectivity index (χ1) is 14.4. The van der Waals surface area contributed by atoms with Crippen LogP contribution in [-0.2, 0) is 16.6 Å². The molecule has 2 aromatic heterocycles. The van der Waals surface area contributed by atoms with Crippen LogP contribution in [0.2, 0.25) is 0 Å². The molecule has 0 bridgehead atoms. The van der Waals surface area contributed by atoms with Gasteiger partial charge in [0, 0.05) is 24.5 Å². The van der Waals surface area contributed by atoms with E-state index in [9.17, 15) is 9.59 Å². The molecule has 0 aliphatic heterocycles. The van der Waals surface area contributed by atoms with E-state index in [4.69, 9.17) is 4.74 Å². The van der Waals surface area contributed by atoms with Crippen LogP contribution in [0.5, 0.6) is 0 Å². The minimum atomic E-state index is -0.917. The predicted molar refractivity (Wildman–Crippen MR) is 119 cm³/mol. The maximum Gasteiger partial charge on any atom is 0.355 e. The van der Waals surface area contributed by atoms with Gasteiger partial charge in [-0.05, 0) is 67.9 Å². The number of carbonyl (C=O) groups is 2. The van der Waals surface area contributed by atoms with Crippen molar-refractivity contribution in [3.8, 4) is 10.6 Å². The summed E-state index contributed by atoms with van der Waals surface area (Å²) in [5.41, 5.74) is 4.19. The summed E-state index contributed by atoms with van der Waals surface area (Å²) in [6.45, 7) is 3.61. The van der Waals surface area contributed by atoms with Crippen molar-refractivity contribution >= 4 is 39.1 Å². The summed E-state index contributed by atoms with van der Waals surface area (Å²) in [5, 5.41) is 3.71. The molecule has 1 atom stereocenters. The molecule has 1 amide bonds. The Labute approximate surface area is 178 Å². The van der Waals surface area contributed by atoms with Crippen LogP contribution >= 0.6 is 11.3 Å². The third-order valence-corrected chi connectivity index (χ3v) is 5.82. The fourth-order valence-corrected chi connectivity index (χ4v) is 4.11. The average Bonchev–Trinajstić information content (AvgIpc) is 3.34. The van der Waals surface area contributed by atoms with E-state index in [0.717, 1.165) is 20.8 Å². The molecule has 0 unspecified atom stereocenters. The summed E-state index contributed by atoms with van der Waals surface area (Å²) in [6.07, 6.45) is 0.828. The highest BCUT2D eigenvalue weighted by Crippen LogP contribution is 2.31. The number of rotatable bonds is 5. The van der Waals surface area contributed by atoms with Gasteiger partial charge in [-0.2, -0.15) is 0 Å². The lowest BCUT2D eigenvalue weighted by Gasteiger charge is -2.14. The first-order valence-corrected chi connectivity index (χ1v) is 10.3. The molecule has 0 saturated heterocycles. The summed E-state index contributed by atoms with van der Waals surface area (Å²) in [7, 11) is 1.75. The Balaban J connectivity index is 1.41. The smallest absolute Gasteiger partial charge is 0.355 e. The number of carbonyl (C=O) groups excluding carboxylic acids is 2. The molecule has 0 saturated carbocycles. The number of hydrogen-bond acceptors (Lipinski definition) is 5. The Kier molecular flexibility index (Phi) is 5.37. The normalized spacial score (nSPS) is 12.0. The van der Waals surface area contributed by atoms with Crippen LogP contribution in [0.15, 0.2) is 60.8 Å². The predicted octanol–water partition coefficient (Wildman–Crippen LogP) is 4.79. The highest BCUT2D eigenvalue weighted by molar-refractivity contribution is 7.21. The number of thiazole rings is 1. The fourth-order valence-electron chi connectivity index (χ4n) is 3.04. The van der Waals surface area contributed by atoms with Gasteiger partial charge in [-0.1, -0.05) is 6.07 Å². The van der Waals surface area contributed by atoms with E-state index in [2.05, 4.69) is 29.4 Å². The van der Waals surface area contributed by atoms with E-state index in [1.165, 1.54) is 5.56 Å². The molecule has 0 radical (unpaired) electrons. The minimum absolute atomic E-state index is 0.388. The Bertz CT molecular complexity index is 1220. The van der Waals surface area contributed by atoms with Crippen molar-refractivity contribution in [2.75, 3.05) is 5.32 Å². The van der Waals surface area contributed by atoms with Gasteiger partial charge in [-0.15, -0.1) is 11.3 Å². The van der Waals surface area contributed by atoms with E-state index in [1.807, 2.05) is 30.3 Å². The number of nitrogens with one attached hydrogen (secondary N) is 1. The molecule has 0 fully saturated rings. The molecule has 30 heavy (non-hydrogen) atoms. The largest absolute Gasteiger partial charge is 0.448 e. The number of aromatic nitrogens is 2. The molecule has 1 N–H and O–H groups in total. The molecule has 152 valence electrons. The topological polar surface area (TPSA) is 73.2 Å². The SMILES string of the molecule is Cc1ccc2nc(-c3ccc(NC(=O)[C@H](C)OC(=O)c4cccn4C)cc3)sc2c1. The number of aryl methyl sites for hydroxylation is 2. The maximum atomic E-state index is 12.4. The summed E-state index contributed by atoms with van der Waals surface area (Å²) in [4.78, 5) is 29.2. The molecule has 0 aliphatic carbocycles. The first kappa shape index (κ1) is 19.8. The van der Waals surface area contributed by atoms with Crippen molar-refractivity contribution in [3.63, 3.8) is 0 Å². The Morgan fingerprint density at radius 2 is 1.90 bits per heavy atom. The highest BCUT2D eigenvalue weighted by atomic mass is 32.1. The zero-order valence-corrected chi connectivity index (χ0v) is 17.7. The van der Waals surface area contributed by atoms with Gasteiger partial charge in [-0.3, -0.25) is 4.79 Å². The highest BCUT2D eigenvalue weighted by Gasteiger charge is 2.20. The molecule has 6 nitrogen and oxygen atoms in total. The van der Waals surface area contributed by atoms with Crippen LogP contribution in [0.1, 0.15) is 23.0 Å². The van der Waals surface area contributed by atoms with Gasteiger partial charge in [-0.25, -0.2) is 9.78 Å². The zero-order valence-electron chi connectivity index (χ0n) is 16.9. The van der Waals surface area contributed by atoms with Crippen LogP contribution in [0.25, 0.3) is 20.8 Å². The number of hydrogen-bond donors (Lipinski definition) is 1. The lowest BCUT2D eigenvalue weighted by molar-refractivity contribution is -0.123. The lowest BCUT2D eigenvalue weighted by atomic mass is 10.2. The van der Waals surface area contributed by atoms with Gasteiger partial charge in [0.2, 0.25) is 0 Å². The van der Waals surface area contributed by atoms with E-state index >= 15 is 0 Å². The van der Waals surface area contributed by atoms with Crippen molar-refractivity contribution in [1.82, 2.24) is 9.55 Å². The van der Waals surface area contributed by atoms with Crippen molar-refractivity contribution in [2.24, 2.45) is 7.05 Å². The molecule has 0 spiro atoms.